The predicted molar refractivity (Wildman–Crippen MR) is 98.4 cm³/mol. The van der Waals surface area contributed by atoms with Gasteiger partial charge in [-0.05, 0) is 24.6 Å². The third kappa shape index (κ3) is 4.03. The van der Waals surface area contributed by atoms with Gasteiger partial charge in [0.05, 0.1) is 14.4 Å². The smallest absolute Gasteiger partial charge is 0.274 e. The SMILES string of the molecule is [2H]Cc1c(C(=O)Nc2cc(F)c(F)c([C@]3(C(F)F)COCC(N)=N3)c2)nc([2H])c(Cl)c1[2H]. The number of amidine groups is 1. The molecule has 0 unspecified atom stereocenters. The fraction of sp³-hybridized carbons (Fsp3) is 0.278. The Bertz CT molecular complexity index is 1120. The minimum Gasteiger partial charge on any atom is -0.385 e. The van der Waals surface area contributed by atoms with E-state index < -0.39 is 72.2 Å². The lowest BCUT2D eigenvalue weighted by Gasteiger charge is -2.33. The Morgan fingerprint density at radius 3 is 2.90 bits per heavy atom. The second-order valence-corrected chi connectivity index (χ2v) is 6.46. The number of alkyl halides is 2. The van der Waals surface area contributed by atoms with Crippen LogP contribution in [0.25, 0.3) is 0 Å². The van der Waals surface area contributed by atoms with Crippen molar-refractivity contribution in [3.63, 3.8) is 0 Å². The van der Waals surface area contributed by atoms with Gasteiger partial charge in [0.15, 0.2) is 17.2 Å². The van der Waals surface area contributed by atoms with E-state index in [0.717, 1.165) is 6.07 Å². The van der Waals surface area contributed by atoms with Crippen molar-refractivity contribution in [2.45, 2.75) is 18.9 Å². The fourth-order valence-corrected chi connectivity index (χ4v) is 2.90. The van der Waals surface area contributed by atoms with Gasteiger partial charge in [0, 0.05) is 24.9 Å². The van der Waals surface area contributed by atoms with Crippen LogP contribution >= 0.6 is 11.6 Å². The Hall–Kier alpha value is -2.72. The maximum Gasteiger partial charge on any atom is 0.274 e. The van der Waals surface area contributed by atoms with Gasteiger partial charge in [-0.3, -0.25) is 9.79 Å². The Labute approximate surface area is 171 Å². The lowest BCUT2D eigenvalue weighted by Crippen LogP contribution is -2.45. The molecule has 3 N–H and O–H groups in total. The molecule has 11 heteroatoms. The number of halogens is 5. The summed E-state index contributed by atoms with van der Waals surface area (Å²) in [6.45, 7) is -1.64. The first kappa shape index (κ1) is 17.2. The van der Waals surface area contributed by atoms with Gasteiger partial charge in [0.25, 0.3) is 12.3 Å². The molecule has 0 radical (unpaired) electrons. The first-order valence-corrected chi connectivity index (χ1v) is 8.35. The first-order chi connectivity index (χ1) is 15.0. The van der Waals surface area contributed by atoms with Crippen LogP contribution in [0.4, 0.5) is 23.2 Å². The zero-order valence-electron chi connectivity index (χ0n) is 17.5. The topological polar surface area (TPSA) is 89.6 Å². The molecule has 1 amide bonds. The van der Waals surface area contributed by atoms with Gasteiger partial charge in [-0.25, -0.2) is 22.5 Å². The molecule has 1 atom stereocenters. The van der Waals surface area contributed by atoms with Crippen molar-refractivity contribution < 1.29 is 31.2 Å². The van der Waals surface area contributed by atoms with E-state index >= 15 is 0 Å². The van der Waals surface area contributed by atoms with Crippen molar-refractivity contribution in [1.29, 1.82) is 0 Å². The number of nitrogens with one attached hydrogen (secondary N) is 1. The number of amides is 1. The number of nitrogens with zero attached hydrogens (tertiary/aromatic N) is 2. The number of nitrogens with two attached hydrogens (primary N) is 1. The molecule has 1 aliphatic heterocycles. The maximum atomic E-state index is 14.5. The Morgan fingerprint density at radius 1 is 1.48 bits per heavy atom. The molecular formula is C18H15ClF4N4O2. The number of hydrogen-bond acceptors (Lipinski definition) is 5. The highest BCUT2D eigenvalue weighted by atomic mass is 35.5. The summed E-state index contributed by atoms with van der Waals surface area (Å²) in [4.78, 5) is 19.9. The van der Waals surface area contributed by atoms with Crippen molar-refractivity contribution in [2.24, 2.45) is 10.7 Å². The molecule has 0 bridgehead atoms. The molecule has 0 saturated heterocycles. The Balaban J connectivity index is 2.08. The summed E-state index contributed by atoms with van der Waals surface area (Å²) < 4.78 is 84.6. The van der Waals surface area contributed by atoms with Gasteiger partial charge in [-0.15, -0.1) is 0 Å². The van der Waals surface area contributed by atoms with E-state index in [1.165, 1.54) is 0 Å². The van der Waals surface area contributed by atoms with Crippen LogP contribution in [0.15, 0.2) is 29.3 Å². The normalized spacial score (nSPS) is 20.6. The van der Waals surface area contributed by atoms with Crippen molar-refractivity contribution in [3.05, 3.63) is 57.8 Å². The summed E-state index contributed by atoms with van der Waals surface area (Å²) in [5.41, 5.74) is 0.779. The van der Waals surface area contributed by atoms with Gasteiger partial charge < -0.3 is 15.8 Å². The van der Waals surface area contributed by atoms with Gasteiger partial charge >= 0.3 is 0 Å². The average Bonchev–Trinajstić information content (AvgIpc) is 2.73. The molecule has 0 fully saturated rings. The standard InChI is InChI=1S/C18H15ClF4N4O2/c1-8-2-9(19)5-25-15(8)16(28)26-10-3-11(14(21)12(20)4-10)18(17(22)23)7-29-6-13(24)27-18/h2-5,17H,6-7H2,1H3,(H2,24,27)(H,26,28)/t18-/m0/s1/i1D,2D,5D. The van der Waals surface area contributed by atoms with Crippen LogP contribution in [0.5, 0.6) is 0 Å². The van der Waals surface area contributed by atoms with E-state index in [2.05, 4.69) is 15.3 Å². The van der Waals surface area contributed by atoms with Crippen LogP contribution in [0.3, 0.4) is 0 Å². The molecule has 154 valence electrons. The van der Waals surface area contributed by atoms with Gasteiger partial charge in [0.1, 0.15) is 18.1 Å². The van der Waals surface area contributed by atoms with E-state index in [9.17, 15) is 22.4 Å². The van der Waals surface area contributed by atoms with Gasteiger partial charge in [-0.1, -0.05) is 11.6 Å². The van der Waals surface area contributed by atoms with E-state index in [0.29, 0.717) is 6.07 Å². The zero-order chi connectivity index (χ0) is 23.8. The number of rotatable bonds is 4. The molecule has 2 aromatic rings. The molecule has 29 heavy (non-hydrogen) atoms. The van der Waals surface area contributed by atoms with E-state index in [1.54, 1.807) is 0 Å². The van der Waals surface area contributed by atoms with Crippen molar-refractivity contribution in [2.75, 3.05) is 18.5 Å². The van der Waals surface area contributed by atoms with Crippen LogP contribution in [-0.4, -0.2) is 36.4 Å². The van der Waals surface area contributed by atoms with E-state index in [1.807, 2.05) is 0 Å². The number of carbonyl (C=O) groups is 1. The number of ether oxygens (including phenoxy) is 1. The summed E-state index contributed by atoms with van der Waals surface area (Å²) >= 11 is 5.75. The van der Waals surface area contributed by atoms with E-state index in [4.69, 9.17) is 26.2 Å². The van der Waals surface area contributed by atoms with E-state index in [-0.39, 0.29) is 23.0 Å². The molecule has 6 nitrogen and oxygen atoms in total. The van der Waals surface area contributed by atoms with Crippen molar-refractivity contribution >= 4 is 29.0 Å². The van der Waals surface area contributed by atoms with Crippen LogP contribution in [0, 0.1) is 18.5 Å². The molecule has 1 aliphatic rings. The fourth-order valence-electron chi connectivity index (χ4n) is 2.75. The predicted octanol–water partition coefficient (Wildman–Crippen LogP) is 3.42. The highest BCUT2D eigenvalue weighted by Gasteiger charge is 2.47. The number of aromatic nitrogens is 1. The quantitative estimate of drug-likeness (QED) is 0.723. The Kier molecular flexibility index (Phi) is 4.71. The number of anilines is 1. The molecule has 0 spiro atoms. The molecule has 0 saturated carbocycles. The van der Waals surface area contributed by atoms with Crippen molar-refractivity contribution in [3.8, 4) is 0 Å². The van der Waals surface area contributed by atoms with Crippen LogP contribution in [0.1, 0.15) is 25.7 Å². The molecule has 3 rings (SSSR count). The number of hydrogen-bond donors (Lipinski definition) is 2. The molecule has 2 heterocycles. The highest BCUT2D eigenvalue weighted by Crippen LogP contribution is 2.38. The summed E-state index contributed by atoms with van der Waals surface area (Å²) in [7, 11) is 0. The second-order valence-electron chi connectivity index (χ2n) is 6.08. The minimum atomic E-state index is -3.33. The largest absolute Gasteiger partial charge is 0.385 e. The number of aliphatic imine (C=N–C) groups is 1. The lowest BCUT2D eigenvalue weighted by molar-refractivity contribution is -0.0148. The third-order valence-electron chi connectivity index (χ3n) is 4.06. The van der Waals surface area contributed by atoms with Crippen LogP contribution in [0.2, 0.25) is 5.02 Å². The third-order valence-corrected chi connectivity index (χ3v) is 4.24. The molecule has 1 aromatic heterocycles. The van der Waals surface area contributed by atoms with Gasteiger partial charge in [-0.2, -0.15) is 0 Å². The summed E-state index contributed by atoms with van der Waals surface area (Å²) in [5, 5.41) is 1.79. The maximum absolute atomic E-state index is 14.5. The van der Waals surface area contributed by atoms with Crippen LogP contribution < -0.4 is 11.1 Å². The highest BCUT2D eigenvalue weighted by molar-refractivity contribution is 6.30. The lowest BCUT2D eigenvalue weighted by atomic mass is 9.89. The monoisotopic (exact) mass is 433 g/mol. The molecule has 0 aliphatic carbocycles. The zero-order valence-corrected chi connectivity index (χ0v) is 15.3. The summed E-state index contributed by atoms with van der Waals surface area (Å²) in [6.07, 6.45) is -3.93. The number of benzene rings is 1. The summed E-state index contributed by atoms with van der Waals surface area (Å²) in [5.74, 6) is -4.60. The first-order valence-electron chi connectivity index (χ1n) is 9.68. The van der Waals surface area contributed by atoms with Crippen molar-refractivity contribution in [1.82, 2.24) is 4.98 Å². The number of pyridine rings is 1. The Morgan fingerprint density at radius 2 is 2.24 bits per heavy atom. The minimum absolute atomic E-state index is 0.214. The van der Waals surface area contributed by atoms with Gasteiger partial charge in [0.2, 0.25) is 0 Å². The molecule has 1 aromatic carbocycles. The average molecular weight is 434 g/mol. The second kappa shape index (κ2) is 7.96. The number of carbonyl (C=O) groups excluding carboxylic acids is 1. The van der Waals surface area contributed by atoms with Crippen LogP contribution in [-0.2, 0) is 10.3 Å². The summed E-state index contributed by atoms with van der Waals surface area (Å²) in [6, 6.07) is 0.846. The molecular weight excluding hydrogens is 416 g/mol.